The van der Waals surface area contributed by atoms with Crippen LogP contribution in [0, 0.1) is 11.8 Å². The monoisotopic (exact) mass is 532 g/mol. The van der Waals surface area contributed by atoms with Crippen molar-refractivity contribution in [3.8, 4) is 11.4 Å². The van der Waals surface area contributed by atoms with E-state index < -0.39 is 39.2 Å². The standard InChI is InChI=1S/C25H32N4O7S/c1-2-20(22(31)25-27-23(28-36-25)18-6-4-3-5-7-18)26-24(32)19(16-37(33,34)15-17-8-9-17)14-21(30)29-10-12-35-13-11-29/h3-7,17,19-20H,2,8-16H2,1H3,(H,26,32)/t19?,20-/m0/s1. The van der Waals surface area contributed by atoms with Gasteiger partial charge in [-0.3, -0.25) is 14.4 Å². The van der Waals surface area contributed by atoms with Crippen LogP contribution in [0.4, 0.5) is 0 Å². The number of hydrogen-bond donors (Lipinski definition) is 1. The first-order valence-corrected chi connectivity index (χ1v) is 14.4. The molecule has 1 N–H and O–H groups in total. The number of amides is 2. The van der Waals surface area contributed by atoms with E-state index >= 15 is 0 Å². The lowest BCUT2D eigenvalue weighted by Crippen LogP contribution is -2.47. The second-order valence-electron chi connectivity index (χ2n) is 9.54. The van der Waals surface area contributed by atoms with Gasteiger partial charge in [-0.15, -0.1) is 0 Å². The molecule has 0 spiro atoms. The Morgan fingerprint density at radius 1 is 1.14 bits per heavy atom. The Balaban J connectivity index is 1.46. The van der Waals surface area contributed by atoms with E-state index in [1.165, 1.54) is 0 Å². The van der Waals surface area contributed by atoms with Gasteiger partial charge in [0.2, 0.25) is 23.4 Å². The Hall–Kier alpha value is -3.12. The van der Waals surface area contributed by atoms with Crippen LogP contribution in [0.3, 0.4) is 0 Å². The van der Waals surface area contributed by atoms with Crippen molar-refractivity contribution in [3.63, 3.8) is 0 Å². The topological polar surface area (TPSA) is 149 Å². The second kappa shape index (κ2) is 12.0. The fourth-order valence-corrected chi connectivity index (χ4v) is 6.29. The molecule has 1 saturated carbocycles. The van der Waals surface area contributed by atoms with Crippen LogP contribution in [0.5, 0.6) is 0 Å². The number of ketones is 1. The van der Waals surface area contributed by atoms with E-state index in [1.807, 2.05) is 6.07 Å². The van der Waals surface area contributed by atoms with E-state index in [4.69, 9.17) is 9.26 Å². The Morgan fingerprint density at radius 2 is 1.84 bits per heavy atom. The molecule has 4 rings (SSSR count). The largest absolute Gasteiger partial charge is 0.378 e. The van der Waals surface area contributed by atoms with Gasteiger partial charge in [-0.2, -0.15) is 4.98 Å². The van der Waals surface area contributed by atoms with Crippen molar-refractivity contribution in [3.05, 3.63) is 36.2 Å². The predicted molar refractivity (Wildman–Crippen MR) is 133 cm³/mol. The number of morpholine rings is 1. The van der Waals surface area contributed by atoms with Crippen molar-refractivity contribution < 1.29 is 32.1 Å². The zero-order valence-electron chi connectivity index (χ0n) is 20.8. The summed E-state index contributed by atoms with van der Waals surface area (Å²) in [7, 11) is -3.56. The smallest absolute Gasteiger partial charge is 0.296 e. The summed E-state index contributed by atoms with van der Waals surface area (Å²) >= 11 is 0. The Bertz CT molecular complexity index is 1200. The fraction of sp³-hybridized carbons (Fsp3) is 0.560. The van der Waals surface area contributed by atoms with Gasteiger partial charge in [0.15, 0.2) is 9.84 Å². The molecular weight excluding hydrogens is 500 g/mol. The van der Waals surface area contributed by atoms with Crippen LogP contribution in [0.15, 0.2) is 34.9 Å². The minimum Gasteiger partial charge on any atom is -0.378 e. The first kappa shape index (κ1) is 26.9. The van der Waals surface area contributed by atoms with Gasteiger partial charge in [-0.1, -0.05) is 42.4 Å². The number of hydrogen-bond acceptors (Lipinski definition) is 9. The van der Waals surface area contributed by atoms with Crippen molar-refractivity contribution >= 4 is 27.4 Å². The van der Waals surface area contributed by atoms with Crippen molar-refractivity contribution in [2.24, 2.45) is 11.8 Å². The van der Waals surface area contributed by atoms with Crippen LogP contribution in [0.2, 0.25) is 0 Å². The maximum absolute atomic E-state index is 13.3. The normalized spacial score (nSPS) is 17.7. The average molecular weight is 533 g/mol. The molecule has 0 radical (unpaired) electrons. The number of Topliss-reactive ketones (excluding diaryl/α,β-unsaturated/α-hetero) is 1. The molecule has 12 heteroatoms. The van der Waals surface area contributed by atoms with Crippen LogP contribution in [-0.4, -0.2) is 84.9 Å². The Morgan fingerprint density at radius 3 is 2.49 bits per heavy atom. The van der Waals surface area contributed by atoms with Crippen LogP contribution in [-0.2, 0) is 24.2 Å². The molecule has 1 aromatic carbocycles. The zero-order valence-corrected chi connectivity index (χ0v) is 21.6. The molecule has 2 amide bonds. The lowest BCUT2D eigenvalue weighted by atomic mass is 10.0. The number of nitrogens with zero attached hydrogens (tertiary/aromatic N) is 3. The zero-order chi connectivity index (χ0) is 26.4. The van der Waals surface area contributed by atoms with Crippen molar-refractivity contribution in [2.75, 3.05) is 37.8 Å². The number of aromatic nitrogens is 2. The number of rotatable bonds is 12. The number of carbonyl (C=O) groups excluding carboxylic acids is 3. The van der Waals surface area contributed by atoms with Gasteiger partial charge < -0.3 is 19.5 Å². The number of benzene rings is 1. The molecule has 200 valence electrons. The van der Waals surface area contributed by atoms with Crippen molar-refractivity contribution in [1.82, 2.24) is 20.4 Å². The van der Waals surface area contributed by atoms with E-state index in [2.05, 4.69) is 15.5 Å². The molecule has 2 heterocycles. The molecule has 2 fully saturated rings. The average Bonchev–Trinajstić information content (AvgIpc) is 3.56. The summed E-state index contributed by atoms with van der Waals surface area (Å²) < 4.78 is 36.0. The summed E-state index contributed by atoms with van der Waals surface area (Å²) in [4.78, 5) is 45.0. The predicted octanol–water partition coefficient (Wildman–Crippen LogP) is 1.50. The third kappa shape index (κ3) is 7.45. The minimum absolute atomic E-state index is 0.00289. The molecule has 2 atom stereocenters. The first-order chi connectivity index (χ1) is 17.8. The molecule has 1 saturated heterocycles. The summed E-state index contributed by atoms with van der Waals surface area (Å²) in [6.07, 6.45) is 1.65. The number of sulfone groups is 1. The summed E-state index contributed by atoms with van der Waals surface area (Å²) in [6.45, 7) is 3.27. The molecule has 1 aliphatic carbocycles. The summed E-state index contributed by atoms with van der Waals surface area (Å²) in [5, 5.41) is 6.49. The lowest BCUT2D eigenvalue weighted by Gasteiger charge is -2.28. The van der Waals surface area contributed by atoms with Gasteiger partial charge in [0.1, 0.15) is 0 Å². The number of ether oxygens (including phenoxy) is 1. The van der Waals surface area contributed by atoms with E-state index in [-0.39, 0.29) is 42.1 Å². The van der Waals surface area contributed by atoms with Gasteiger partial charge in [0.25, 0.3) is 5.89 Å². The van der Waals surface area contributed by atoms with Crippen LogP contribution in [0.1, 0.15) is 43.3 Å². The van der Waals surface area contributed by atoms with Crippen molar-refractivity contribution in [1.29, 1.82) is 0 Å². The van der Waals surface area contributed by atoms with Gasteiger partial charge in [0.05, 0.1) is 36.7 Å². The molecule has 37 heavy (non-hydrogen) atoms. The van der Waals surface area contributed by atoms with E-state index in [1.54, 1.807) is 36.1 Å². The van der Waals surface area contributed by atoms with E-state index in [0.717, 1.165) is 12.8 Å². The lowest BCUT2D eigenvalue weighted by molar-refractivity contribution is -0.139. The molecule has 1 unspecified atom stereocenters. The molecular formula is C25H32N4O7S. The highest BCUT2D eigenvalue weighted by atomic mass is 32.2. The van der Waals surface area contributed by atoms with Gasteiger partial charge in [-0.05, 0) is 25.2 Å². The highest BCUT2D eigenvalue weighted by Crippen LogP contribution is 2.31. The molecule has 1 aliphatic heterocycles. The van der Waals surface area contributed by atoms with E-state index in [0.29, 0.717) is 31.9 Å². The van der Waals surface area contributed by atoms with Crippen LogP contribution < -0.4 is 5.32 Å². The quantitative estimate of drug-likeness (QED) is 0.401. The summed E-state index contributed by atoms with van der Waals surface area (Å²) in [5.74, 6) is -3.02. The van der Waals surface area contributed by atoms with Gasteiger partial charge >= 0.3 is 0 Å². The number of nitrogens with one attached hydrogen (secondary N) is 1. The third-order valence-electron chi connectivity index (χ3n) is 6.51. The summed E-state index contributed by atoms with van der Waals surface area (Å²) in [6, 6.07) is 7.98. The first-order valence-electron chi connectivity index (χ1n) is 12.6. The minimum atomic E-state index is -3.56. The van der Waals surface area contributed by atoms with Crippen LogP contribution in [0.25, 0.3) is 11.4 Å². The van der Waals surface area contributed by atoms with Gasteiger partial charge in [-0.25, -0.2) is 8.42 Å². The maximum Gasteiger partial charge on any atom is 0.296 e. The second-order valence-corrected chi connectivity index (χ2v) is 11.7. The SMILES string of the molecule is CC[C@H](NC(=O)C(CC(=O)N1CCOCC1)CS(=O)(=O)CC1CC1)C(=O)c1nc(-c2ccccc2)no1. The van der Waals surface area contributed by atoms with Crippen LogP contribution >= 0.6 is 0 Å². The molecule has 2 aliphatic rings. The number of carbonyl (C=O) groups is 3. The summed E-state index contributed by atoms with van der Waals surface area (Å²) in [5.41, 5.74) is 0.671. The molecule has 0 bridgehead atoms. The molecule has 1 aromatic heterocycles. The maximum atomic E-state index is 13.3. The highest BCUT2D eigenvalue weighted by Gasteiger charge is 2.36. The van der Waals surface area contributed by atoms with Gasteiger partial charge in [0, 0.05) is 25.1 Å². The molecule has 11 nitrogen and oxygen atoms in total. The Kier molecular flexibility index (Phi) is 8.70. The Labute approximate surface area is 215 Å². The fourth-order valence-electron chi connectivity index (χ4n) is 4.22. The highest BCUT2D eigenvalue weighted by molar-refractivity contribution is 7.91. The van der Waals surface area contributed by atoms with Crippen molar-refractivity contribution in [2.45, 2.75) is 38.6 Å². The molecule has 2 aromatic rings. The van der Waals surface area contributed by atoms with E-state index in [9.17, 15) is 22.8 Å². The third-order valence-corrected chi connectivity index (χ3v) is 8.40.